The summed E-state index contributed by atoms with van der Waals surface area (Å²) in [6, 6.07) is 0. The number of allylic oxidation sites excluding steroid dienone is 1. The Bertz CT molecular complexity index is 143. The number of thioether (sulfide) groups is 1. The van der Waals surface area contributed by atoms with Gasteiger partial charge in [-0.25, -0.2) is 0 Å². The first kappa shape index (κ1) is 11.8. The topological polar surface area (TPSA) is 17.1 Å². The molecule has 0 heterocycles. The number of unbranched alkanes of at least 4 members (excludes halogenated alkanes) is 1. The van der Waals surface area contributed by atoms with Gasteiger partial charge in [0, 0.05) is 11.7 Å². The van der Waals surface area contributed by atoms with E-state index < -0.39 is 0 Å². The van der Waals surface area contributed by atoms with Gasteiger partial charge in [0.15, 0.2) is 5.12 Å². The van der Waals surface area contributed by atoms with E-state index in [0.29, 0.717) is 5.12 Å². The van der Waals surface area contributed by atoms with Gasteiger partial charge in [-0.05, 0) is 12.8 Å². The third kappa shape index (κ3) is 5.42. The Labute approximate surface area is 79.6 Å². The molecule has 12 heavy (non-hydrogen) atoms. The highest BCUT2D eigenvalue weighted by Crippen LogP contribution is 2.15. The van der Waals surface area contributed by atoms with Gasteiger partial charge in [-0.1, -0.05) is 38.1 Å². The molecule has 0 aliphatic heterocycles. The Balaban J connectivity index is 3.49. The SMILES string of the molecule is C=CCC(C)C(=O)SCCCC. The fraction of sp³-hybridized carbons (Fsp3) is 0.700. The molecule has 0 N–H and O–H groups in total. The number of carbonyl (C=O) groups is 1. The second kappa shape index (κ2) is 7.41. The van der Waals surface area contributed by atoms with Crippen LogP contribution in [0.4, 0.5) is 0 Å². The van der Waals surface area contributed by atoms with Gasteiger partial charge >= 0.3 is 0 Å². The quantitative estimate of drug-likeness (QED) is 0.468. The van der Waals surface area contributed by atoms with Gasteiger partial charge in [0.2, 0.25) is 0 Å². The molecule has 0 aliphatic carbocycles. The van der Waals surface area contributed by atoms with E-state index in [1.807, 2.05) is 13.0 Å². The van der Waals surface area contributed by atoms with E-state index in [2.05, 4.69) is 13.5 Å². The highest BCUT2D eigenvalue weighted by Gasteiger charge is 2.10. The van der Waals surface area contributed by atoms with Crippen LogP contribution in [0.1, 0.15) is 33.1 Å². The second-order valence-electron chi connectivity index (χ2n) is 2.95. The normalized spacial score (nSPS) is 12.5. The lowest BCUT2D eigenvalue weighted by atomic mass is 10.1. The molecular weight excluding hydrogens is 168 g/mol. The van der Waals surface area contributed by atoms with Gasteiger partial charge in [0.05, 0.1) is 0 Å². The molecule has 0 amide bonds. The zero-order valence-corrected chi connectivity index (χ0v) is 8.82. The zero-order valence-electron chi connectivity index (χ0n) is 8.01. The molecule has 0 fully saturated rings. The van der Waals surface area contributed by atoms with Gasteiger partial charge in [-0.2, -0.15) is 0 Å². The van der Waals surface area contributed by atoms with Crippen molar-refractivity contribution in [2.24, 2.45) is 5.92 Å². The van der Waals surface area contributed by atoms with Crippen molar-refractivity contribution in [3.05, 3.63) is 12.7 Å². The van der Waals surface area contributed by atoms with E-state index >= 15 is 0 Å². The lowest BCUT2D eigenvalue weighted by Crippen LogP contribution is -2.06. The smallest absolute Gasteiger partial charge is 0.192 e. The van der Waals surface area contributed by atoms with Crippen molar-refractivity contribution in [3.63, 3.8) is 0 Å². The van der Waals surface area contributed by atoms with Crippen LogP contribution in [-0.4, -0.2) is 10.9 Å². The van der Waals surface area contributed by atoms with Crippen LogP contribution in [0.15, 0.2) is 12.7 Å². The Morgan fingerprint density at radius 2 is 2.33 bits per heavy atom. The Morgan fingerprint density at radius 3 is 2.83 bits per heavy atom. The summed E-state index contributed by atoms with van der Waals surface area (Å²) in [5.41, 5.74) is 0. The molecule has 70 valence electrons. The van der Waals surface area contributed by atoms with Crippen molar-refractivity contribution >= 4 is 16.9 Å². The molecule has 1 unspecified atom stereocenters. The van der Waals surface area contributed by atoms with Gasteiger partial charge in [0.1, 0.15) is 0 Å². The minimum atomic E-state index is 0.143. The maximum absolute atomic E-state index is 11.3. The van der Waals surface area contributed by atoms with E-state index in [1.54, 1.807) is 0 Å². The first-order valence-corrected chi connectivity index (χ1v) is 5.48. The van der Waals surface area contributed by atoms with Crippen LogP contribution in [0.25, 0.3) is 0 Å². The van der Waals surface area contributed by atoms with E-state index in [1.165, 1.54) is 11.8 Å². The minimum absolute atomic E-state index is 0.143. The number of rotatable bonds is 6. The summed E-state index contributed by atoms with van der Waals surface area (Å²) in [6.45, 7) is 7.72. The van der Waals surface area contributed by atoms with Crippen molar-refractivity contribution in [1.82, 2.24) is 0 Å². The molecule has 1 atom stereocenters. The Morgan fingerprint density at radius 1 is 1.67 bits per heavy atom. The fourth-order valence-electron chi connectivity index (χ4n) is 0.806. The number of hydrogen-bond acceptors (Lipinski definition) is 2. The van der Waals surface area contributed by atoms with Crippen molar-refractivity contribution in [1.29, 1.82) is 0 Å². The van der Waals surface area contributed by atoms with Crippen molar-refractivity contribution < 1.29 is 4.79 Å². The average molecular weight is 186 g/mol. The lowest BCUT2D eigenvalue weighted by Gasteiger charge is -2.05. The standard InChI is InChI=1S/C10H18OS/c1-4-6-8-12-10(11)9(3)7-5-2/h5,9H,2,4,6-8H2,1,3H3. The van der Waals surface area contributed by atoms with Crippen molar-refractivity contribution in [3.8, 4) is 0 Å². The summed E-state index contributed by atoms with van der Waals surface area (Å²) in [7, 11) is 0. The molecule has 0 aliphatic rings. The highest BCUT2D eigenvalue weighted by molar-refractivity contribution is 8.13. The summed E-state index contributed by atoms with van der Waals surface area (Å²) in [5.74, 6) is 1.11. The second-order valence-corrected chi connectivity index (χ2v) is 4.05. The number of carbonyl (C=O) groups excluding carboxylic acids is 1. The molecule has 0 bridgehead atoms. The van der Waals surface area contributed by atoms with Gasteiger partial charge in [-0.15, -0.1) is 6.58 Å². The van der Waals surface area contributed by atoms with Crippen molar-refractivity contribution in [2.45, 2.75) is 33.1 Å². The van der Waals surface area contributed by atoms with Crippen LogP contribution in [-0.2, 0) is 4.79 Å². The van der Waals surface area contributed by atoms with Crippen molar-refractivity contribution in [2.75, 3.05) is 5.75 Å². The molecular formula is C10H18OS. The molecule has 0 rings (SSSR count). The van der Waals surface area contributed by atoms with Crippen LogP contribution >= 0.6 is 11.8 Å². The molecule has 1 nitrogen and oxygen atoms in total. The predicted octanol–water partition coefficient (Wildman–Crippen LogP) is 3.26. The van der Waals surface area contributed by atoms with Crippen LogP contribution in [0.5, 0.6) is 0 Å². The summed E-state index contributed by atoms with van der Waals surface area (Å²) < 4.78 is 0. The van der Waals surface area contributed by atoms with E-state index in [0.717, 1.165) is 25.0 Å². The average Bonchev–Trinajstić information content (AvgIpc) is 2.05. The Hall–Kier alpha value is -0.240. The molecule has 0 radical (unpaired) electrons. The maximum atomic E-state index is 11.3. The first-order chi connectivity index (χ1) is 5.72. The van der Waals surface area contributed by atoms with E-state index in [9.17, 15) is 4.79 Å². The van der Waals surface area contributed by atoms with Crippen LogP contribution in [0.3, 0.4) is 0 Å². The molecule has 0 aromatic rings. The molecule has 0 saturated heterocycles. The van der Waals surface area contributed by atoms with Crippen LogP contribution in [0, 0.1) is 5.92 Å². The Kier molecular flexibility index (Phi) is 7.26. The minimum Gasteiger partial charge on any atom is -0.287 e. The summed E-state index contributed by atoms with van der Waals surface area (Å²) in [4.78, 5) is 11.3. The molecule has 0 aromatic heterocycles. The third-order valence-electron chi connectivity index (χ3n) is 1.66. The fourth-order valence-corrected chi connectivity index (χ4v) is 1.82. The molecule has 0 spiro atoms. The first-order valence-electron chi connectivity index (χ1n) is 4.49. The zero-order chi connectivity index (χ0) is 9.40. The van der Waals surface area contributed by atoms with Crippen LogP contribution < -0.4 is 0 Å². The largest absolute Gasteiger partial charge is 0.287 e. The lowest BCUT2D eigenvalue weighted by molar-refractivity contribution is -0.113. The highest BCUT2D eigenvalue weighted by atomic mass is 32.2. The van der Waals surface area contributed by atoms with E-state index in [4.69, 9.17) is 0 Å². The van der Waals surface area contributed by atoms with E-state index in [-0.39, 0.29) is 5.92 Å². The monoisotopic (exact) mass is 186 g/mol. The molecule has 0 aromatic carbocycles. The maximum Gasteiger partial charge on any atom is 0.192 e. The summed E-state index contributed by atoms with van der Waals surface area (Å²) in [6.07, 6.45) is 4.91. The molecule has 0 saturated carbocycles. The van der Waals surface area contributed by atoms with Gasteiger partial charge in [0.25, 0.3) is 0 Å². The van der Waals surface area contributed by atoms with Gasteiger partial charge in [-0.3, -0.25) is 4.79 Å². The summed E-state index contributed by atoms with van der Waals surface area (Å²) in [5, 5.41) is 0.309. The number of hydrogen-bond donors (Lipinski definition) is 0. The van der Waals surface area contributed by atoms with Gasteiger partial charge < -0.3 is 0 Å². The summed E-state index contributed by atoms with van der Waals surface area (Å²) >= 11 is 1.46. The molecule has 2 heteroatoms. The third-order valence-corrected chi connectivity index (χ3v) is 2.84. The van der Waals surface area contributed by atoms with Crippen LogP contribution in [0.2, 0.25) is 0 Å². The predicted molar refractivity (Wildman–Crippen MR) is 56.4 cm³/mol.